The molecule has 3 rings (SSSR count). The zero-order valence-electron chi connectivity index (χ0n) is 12.8. The highest BCUT2D eigenvalue weighted by molar-refractivity contribution is 7.99. The van der Waals surface area contributed by atoms with Crippen LogP contribution in [0.2, 0.25) is 0 Å². The third-order valence-corrected chi connectivity index (χ3v) is 5.52. The summed E-state index contributed by atoms with van der Waals surface area (Å²) in [5.41, 5.74) is 2.22. The van der Waals surface area contributed by atoms with E-state index in [2.05, 4.69) is 41.5 Å². The van der Waals surface area contributed by atoms with Crippen molar-refractivity contribution in [1.29, 1.82) is 0 Å². The third-order valence-electron chi connectivity index (χ3n) is 4.24. The van der Waals surface area contributed by atoms with Crippen molar-refractivity contribution < 1.29 is 0 Å². The number of hydrogen-bond acceptors (Lipinski definition) is 3. The number of para-hydroxylation sites is 2. The largest absolute Gasteiger partial charge is 0.333 e. The molecule has 0 spiro atoms. The maximum absolute atomic E-state index is 4.73. The van der Waals surface area contributed by atoms with E-state index in [0.717, 1.165) is 22.7 Å². The van der Waals surface area contributed by atoms with Gasteiger partial charge in [0, 0.05) is 11.3 Å². The summed E-state index contributed by atoms with van der Waals surface area (Å²) in [6.45, 7) is 3.37. The van der Waals surface area contributed by atoms with Gasteiger partial charge in [-0.2, -0.15) is 0 Å². The molecule has 0 saturated heterocycles. The van der Waals surface area contributed by atoms with Crippen molar-refractivity contribution >= 4 is 22.8 Å². The van der Waals surface area contributed by atoms with E-state index in [1.165, 1.54) is 38.5 Å². The van der Waals surface area contributed by atoms with Crippen LogP contribution in [0.3, 0.4) is 0 Å². The van der Waals surface area contributed by atoms with Crippen LogP contribution in [0.5, 0.6) is 0 Å². The summed E-state index contributed by atoms with van der Waals surface area (Å²) in [6.07, 6.45) is 7.89. The number of benzene rings is 1. The van der Waals surface area contributed by atoms with Gasteiger partial charge in [0.05, 0.1) is 11.0 Å². The molecule has 2 unspecified atom stereocenters. The van der Waals surface area contributed by atoms with Gasteiger partial charge in [-0.05, 0) is 37.9 Å². The van der Waals surface area contributed by atoms with Crippen LogP contribution in [-0.2, 0) is 0 Å². The van der Waals surface area contributed by atoms with E-state index in [0.29, 0.717) is 11.3 Å². The first-order chi connectivity index (χ1) is 10.4. The number of nitrogens with zero attached hydrogens (tertiary/aromatic N) is 1. The zero-order valence-corrected chi connectivity index (χ0v) is 13.6. The fraction of sp³-hybridized carbons (Fsp3) is 0.588. The van der Waals surface area contributed by atoms with Gasteiger partial charge in [0.2, 0.25) is 0 Å². The molecule has 1 aliphatic rings. The number of fused-ring (bicyclic) bond motifs is 1. The molecule has 21 heavy (non-hydrogen) atoms. The molecule has 4 heteroatoms. The van der Waals surface area contributed by atoms with Crippen LogP contribution < -0.4 is 5.32 Å². The van der Waals surface area contributed by atoms with Gasteiger partial charge in [-0.15, -0.1) is 0 Å². The lowest BCUT2D eigenvalue weighted by Crippen LogP contribution is -2.37. The Morgan fingerprint density at radius 2 is 2.10 bits per heavy atom. The van der Waals surface area contributed by atoms with Crippen LogP contribution in [0.15, 0.2) is 29.4 Å². The van der Waals surface area contributed by atoms with Crippen LogP contribution in [0.25, 0.3) is 11.0 Å². The van der Waals surface area contributed by atoms with E-state index in [4.69, 9.17) is 4.98 Å². The molecule has 3 nitrogen and oxygen atoms in total. The Kier molecular flexibility index (Phi) is 5.20. The molecule has 1 aromatic carbocycles. The van der Waals surface area contributed by atoms with Gasteiger partial charge in [0.1, 0.15) is 0 Å². The molecule has 0 amide bonds. The average molecular weight is 303 g/mol. The number of nitrogens with one attached hydrogen (secondary N) is 2. The summed E-state index contributed by atoms with van der Waals surface area (Å²) < 4.78 is 0. The standard InChI is InChI=1S/C17H25N3S/c1-2-12-18-15-10-4-3-5-11-16(15)21-17-19-13-8-6-7-9-14(13)20-17/h6-9,15-16,18H,2-5,10-12H2,1H3,(H,19,20). The highest BCUT2D eigenvalue weighted by Gasteiger charge is 2.25. The molecule has 2 aromatic rings. The molecule has 1 saturated carbocycles. The summed E-state index contributed by atoms with van der Waals surface area (Å²) in [4.78, 5) is 8.20. The molecule has 0 aliphatic heterocycles. The SMILES string of the molecule is CCCNC1CCCCCC1Sc1nc2ccccc2[nH]1. The number of thioether (sulfide) groups is 1. The van der Waals surface area contributed by atoms with Gasteiger partial charge < -0.3 is 10.3 Å². The van der Waals surface area contributed by atoms with Crippen LogP contribution in [-0.4, -0.2) is 27.8 Å². The second-order valence-electron chi connectivity index (χ2n) is 5.91. The first kappa shape index (κ1) is 14.9. The molecule has 2 N–H and O–H groups in total. The van der Waals surface area contributed by atoms with Crippen LogP contribution in [0, 0.1) is 0 Å². The van der Waals surface area contributed by atoms with Gasteiger partial charge in [0.15, 0.2) is 5.16 Å². The number of hydrogen-bond donors (Lipinski definition) is 2. The van der Waals surface area contributed by atoms with E-state index >= 15 is 0 Å². The molecular weight excluding hydrogens is 278 g/mol. The number of H-pyrrole nitrogens is 1. The Morgan fingerprint density at radius 3 is 2.95 bits per heavy atom. The molecule has 1 aliphatic carbocycles. The van der Waals surface area contributed by atoms with Crippen molar-refractivity contribution in [3.8, 4) is 0 Å². The summed E-state index contributed by atoms with van der Waals surface area (Å²) >= 11 is 1.93. The minimum absolute atomic E-state index is 0.630. The van der Waals surface area contributed by atoms with E-state index in [1.54, 1.807) is 0 Å². The number of imidazole rings is 1. The first-order valence-electron chi connectivity index (χ1n) is 8.21. The number of aromatic nitrogens is 2. The maximum atomic E-state index is 4.73. The molecule has 1 fully saturated rings. The van der Waals surface area contributed by atoms with E-state index in [1.807, 2.05) is 11.8 Å². The van der Waals surface area contributed by atoms with Crippen molar-refractivity contribution in [2.75, 3.05) is 6.54 Å². The Bertz CT molecular complexity index is 533. The Balaban J connectivity index is 1.72. The van der Waals surface area contributed by atoms with Crippen molar-refractivity contribution in [3.05, 3.63) is 24.3 Å². The smallest absolute Gasteiger partial charge is 0.166 e. The molecule has 114 valence electrons. The monoisotopic (exact) mass is 303 g/mol. The number of aromatic amines is 1. The maximum Gasteiger partial charge on any atom is 0.166 e. The Morgan fingerprint density at radius 1 is 1.24 bits per heavy atom. The predicted molar refractivity (Wildman–Crippen MR) is 90.9 cm³/mol. The molecular formula is C17H25N3S. The Hall–Kier alpha value is -1.00. The lowest BCUT2D eigenvalue weighted by atomic mass is 10.1. The van der Waals surface area contributed by atoms with Gasteiger partial charge in [-0.25, -0.2) is 4.98 Å². The van der Waals surface area contributed by atoms with Gasteiger partial charge in [0.25, 0.3) is 0 Å². The van der Waals surface area contributed by atoms with Crippen molar-refractivity contribution in [2.45, 2.75) is 61.9 Å². The molecule has 2 atom stereocenters. The number of rotatable bonds is 5. The van der Waals surface area contributed by atoms with Crippen molar-refractivity contribution in [3.63, 3.8) is 0 Å². The molecule has 0 bridgehead atoms. The lowest BCUT2D eigenvalue weighted by Gasteiger charge is -2.24. The summed E-state index contributed by atoms with van der Waals surface area (Å²) in [6, 6.07) is 8.93. The van der Waals surface area contributed by atoms with Crippen LogP contribution >= 0.6 is 11.8 Å². The predicted octanol–water partition coefficient (Wildman–Crippen LogP) is 4.36. The molecule has 0 radical (unpaired) electrons. The highest BCUT2D eigenvalue weighted by Crippen LogP contribution is 2.32. The summed E-state index contributed by atoms with van der Waals surface area (Å²) in [5, 5.41) is 5.47. The van der Waals surface area contributed by atoms with Crippen molar-refractivity contribution in [2.24, 2.45) is 0 Å². The van der Waals surface area contributed by atoms with Crippen LogP contribution in [0.4, 0.5) is 0 Å². The fourth-order valence-corrected chi connectivity index (χ4v) is 4.39. The minimum Gasteiger partial charge on any atom is -0.333 e. The van der Waals surface area contributed by atoms with Gasteiger partial charge in [-0.3, -0.25) is 0 Å². The Labute approximate surface area is 131 Å². The topological polar surface area (TPSA) is 40.7 Å². The quantitative estimate of drug-likeness (QED) is 0.807. The third kappa shape index (κ3) is 3.80. The second-order valence-corrected chi connectivity index (χ2v) is 7.14. The van der Waals surface area contributed by atoms with E-state index in [-0.39, 0.29) is 0 Å². The van der Waals surface area contributed by atoms with Gasteiger partial charge >= 0.3 is 0 Å². The normalized spacial score (nSPS) is 23.3. The van der Waals surface area contributed by atoms with Crippen LogP contribution in [0.1, 0.15) is 45.4 Å². The molecule has 1 aromatic heterocycles. The minimum atomic E-state index is 0.630. The lowest BCUT2D eigenvalue weighted by molar-refractivity contribution is 0.469. The van der Waals surface area contributed by atoms with E-state index < -0.39 is 0 Å². The highest BCUT2D eigenvalue weighted by atomic mass is 32.2. The van der Waals surface area contributed by atoms with Gasteiger partial charge in [-0.1, -0.05) is 50.1 Å². The second kappa shape index (κ2) is 7.32. The molecule has 1 heterocycles. The summed E-state index contributed by atoms with van der Waals surface area (Å²) in [5.74, 6) is 0. The summed E-state index contributed by atoms with van der Waals surface area (Å²) in [7, 11) is 0. The van der Waals surface area contributed by atoms with Crippen molar-refractivity contribution in [1.82, 2.24) is 15.3 Å². The van der Waals surface area contributed by atoms with E-state index in [9.17, 15) is 0 Å². The zero-order chi connectivity index (χ0) is 14.5. The first-order valence-corrected chi connectivity index (χ1v) is 9.09. The average Bonchev–Trinajstić information content (AvgIpc) is 2.78. The fourth-order valence-electron chi connectivity index (χ4n) is 3.11.